The maximum Gasteiger partial charge on any atom is 0.327 e. The molecule has 3 rings (SSSR count). The molecule has 2 aliphatic rings. The number of carbonyl (C=O) groups is 3. The van der Waals surface area contributed by atoms with Crippen LogP contribution in [0, 0.1) is 0 Å². The predicted molar refractivity (Wildman–Crippen MR) is 74.8 cm³/mol. The van der Waals surface area contributed by atoms with Crippen LogP contribution in [0.4, 0.5) is 4.79 Å². The highest BCUT2D eigenvalue weighted by atomic mass is 16.3. The molecule has 0 saturated carbocycles. The Morgan fingerprint density at radius 1 is 1.36 bits per heavy atom. The van der Waals surface area contributed by atoms with Crippen molar-refractivity contribution in [2.45, 2.75) is 6.04 Å². The first kappa shape index (κ1) is 14.5. The molecule has 2 fully saturated rings. The summed E-state index contributed by atoms with van der Waals surface area (Å²) in [5, 5.41) is 8.95. The van der Waals surface area contributed by atoms with E-state index in [1.165, 1.54) is 11.1 Å². The van der Waals surface area contributed by atoms with Gasteiger partial charge in [0.2, 0.25) is 0 Å². The van der Waals surface area contributed by atoms with E-state index >= 15 is 0 Å². The number of hydrogen-bond donors (Lipinski definition) is 1. The SMILES string of the molecule is O=C(c1cccnc1)N1CCN2C(=O)N(CCO)C(=O)[C@H]2C1. The van der Waals surface area contributed by atoms with E-state index in [1.807, 2.05) is 0 Å². The maximum absolute atomic E-state index is 12.4. The van der Waals surface area contributed by atoms with Crippen molar-refractivity contribution >= 4 is 17.8 Å². The lowest BCUT2D eigenvalue weighted by molar-refractivity contribution is -0.129. The number of amides is 4. The lowest BCUT2D eigenvalue weighted by Gasteiger charge is -2.35. The number of rotatable bonds is 3. The molecule has 0 aromatic carbocycles. The zero-order chi connectivity index (χ0) is 15.7. The Labute approximate surface area is 126 Å². The van der Waals surface area contributed by atoms with Crippen molar-refractivity contribution in [3.63, 3.8) is 0 Å². The Balaban J connectivity index is 1.75. The number of nitrogens with zero attached hydrogens (tertiary/aromatic N) is 4. The molecule has 0 radical (unpaired) electrons. The number of fused-ring (bicyclic) bond motifs is 1. The van der Waals surface area contributed by atoms with E-state index in [9.17, 15) is 14.4 Å². The minimum atomic E-state index is -0.659. The van der Waals surface area contributed by atoms with Gasteiger partial charge in [-0.25, -0.2) is 4.79 Å². The number of urea groups is 1. The third-order valence-corrected chi connectivity index (χ3v) is 3.93. The van der Waals surface area contributed by atoms with Crippen molar-refractivity contribution in [1.82, 2.24) is 19.7 Å². The molecule has 2 aliphatic heterocycles. The molecule has 22 heavy (non-hydrogen) atoms. The fourth-order valence-electron chi connectivity index (χ4n) is 2.81. The fraction of sp³-hybridized carbons (Fsp3) is 0.429. The van der Waals surface area contributed by atoms with Gasteiger partial charge < -0.3 is 14.9 Å². The van der Waals surface area contributed by atoms with Crippen LogP contribution in [0.15, 0.2) is 24.5 Å². The average Bonchev–Trinajstić information content (AvgIpc) is 2.80. The summed E-state index contributed by atoms with van der Waals surface area (Å²) in [5.74, 6) is -0.559. The van der Waals surface area contributed by atoms with E-state index in [2.05, 4.69) is 4.98 Å². The van der Waals surface area contributed by atoms with Gasteiger partial charge >= 0.3 is 6.03 Å². The first-order valence-corrected chi connectivity index (χ1v) is 7.05. The van der Waals surface area contributed by atoms with Crippen molar-refractivity contribution < 1.29 is 19.5 Å². The Morgan fingerprint density at radius 2 is 2.18 bits per heavy atom. The third kappa shape index (κ3) is 2.31. The summed E-state index contributed by atoms with van der Waals surface area (Å²) in [5.41, 5.74) is 0.458. The van der Waals surface area contributed by atoms with E-state index in [0.29, 0.717) is 18.7 Å². The Bertz CT molecular complexity index is 606. The van der Waals surface area contributed by atoms with Crippen LogP contribution in [0.1, 0.15) is 10.4 Å². The topological polar surface area (TPSA) is 94.1 Å². The van der Waals surface area contributed by atoms with Gasteiger partial charge in [0.25, 0.3) is 11.8 Å². The van der Waals surface area contributed by atoms with Gasteiger partial charge in [0.1, 0.15) is 6.04 Å². The average molecular weight is 304 g/mol. The summed E-state index contributed by atoms with van der Waals surface area (Å²) in [6, 6.07) is 2.30. The Kier molecular flexibility index (Phi) is 3.76. The van der Waals surface area contributed by atoms with E-state index in [0.717, 1.165) is 4.90 Å². The zero-order valence-corrected chi connectivity index (χ0v) is 11.9. The number of hydrogen-bond acceptors (Lipinski definition) is 5. The Hall–Kier alpha value is -2.48. The molecule has 0 bridgehead atoms. The molecule has 1 atom stereocenters. The number of imide groups is 1. The van der Waals surface area contributed by atoms with E-state index < -0.39 is 12.1 Å². The van der Waals surface area contributed by atoms with Gasteiger partial charge in [-0.3, -0.25) is 19.5 Å². The molecular weight excluding hydrogens is 288 g/mol. The number of aliphatic hydroxyl groups excluding tert-OH is 1. The summed E-state index contributed by atoms with van der Waals surface area (Å²) < 4.78 is 0. The molecule has 8 heteroatoms. The largest absolute Gasteiger partial charge is 0.395 e. The van der Waals surface area contributed by atoms with E-state index in [1.54, 1.807) is 23.2 Å². The molecule has 0 unspecified atom stereocenters. The summed E-state index contributed by atoms with van der Waals surface area (Å²) in [4.78, 5) is 44.7. The smallest absolute Gasteiger partial charge is 0.327 e. The monoisotopic (exact) mass is 304 g/mol. The quantitative estimate of drug-likeness (QED) is 0.735. The van der Waals surface area contributed by atoms with Crippen LogP contribution >= 0.6 is 0 Å². The van der Waals surface area contributed by atoms with Crippen LogP contribution in [0.3, 0.4) is 0 Å². The lowest BCUT2D eigenvalue weighted by atomic mass is 10.1. The molecule has 0 spiro atoms. The molecular formula is C14H16N4O4. The van der Waals surface area contributed by atoms with Gasteiger partial charge in [0, 0.05) is 25.5 Å². The van der Waals surface area contributed by atoms with Gasteiger partial charge in [-0.05, 0) is 12.1 Å². The van der Waals surface area contributed by atoms with Crippen LogP contribution < -0.4 is 0 Å². The first-order valence-electron chi connectivity index (χ1n) is 7.05. The summed E-state index contributed by atoms with van der Waals surface area (Å²) in [6.45, 7) is 0.567. The number of aliphatic hydroxyl groups is 1. The molecule has 1 aromatic rings. The van der Waals surface area contributed by atoms with Crippen LogP contribution in [0.25, 0.3) is 0 Å². The highest BCUT2D eigenvalue weighted by Crippen LogP contribution is 2.22. The number of piperazine rings is 1. The van der Waals surface area contributed by atoms with Gasteiger partial charge in [-0.1, -0.05) is 0 Å². The van der Waals surface area contributed by atoms with Crippen LogP contribution in [0.2, 0.25) is 0 Å². The summed E-state index contributed by atoms with van der Waals surface area (Å²) in [7, 11) is 0. The molecule has 2 saturated heterocycles. The normalized spacial score (nSPS) is 21.3. The number of aromatic nitrogens is 1. The highest BCUT2D eigenvalue weighted by molar-refractivity contribution is 6.05. The van der Waals surface area contributed by atoms with Gasteiger partial charge in [0.15, 0.2) is 0 Å². The molecule has 0 aliphatic carbocycles. The minimum Gasteiger partial charge on any atom is -0.395 e. The van der Waals surface area contributed by atoms with Crippen molar-refractivity contribution in [3.05, 3.63) is 30.1 Å². The second-order valence-corrected chi connectivity index (χ2v) is 5.20. The van der Waals surface area contributed by atoms with Crippen molar-refractivity contribution in [2.24, 2.45) is 0 Å². The minimum absolute atomic E-state index is 0.0127. The summed E-state index contributed by atoms with van der Waals surface area (Å²) >= 11 is 0. The number of β-amino-alcohol motifs (C(OH)–C–C–N with tert-alkyl or cyclic N) is 1. The molecule has 1 aromatic heterocycles. The molecule has 3 heterocycles. The molecule has 1 N–H and O–H groups in total. The van der Waals surface area contributed by atoms with Gasteiger partial charge in [-0.2, -0.15) is 0 Å². The van der Waals surface area contributed by atoms with Crippen LogP contribution in [-0.2, 0) is 4.79 Å². The van der Waals surface area contributed by atoms with Gasteiger partial charge in [0.05, 0.1) is 25.3 Å². The zero-order valence-electron chi connectivity index (χ0n) is 11.9. The second kappa shape index (κ2) is 5.72. The highest BCUT2D eigenvalue weighted by Gasteiger charge is 2.48. The molecule has 8 nitrogen and oxygen atoms in total. The predicted octanol–water partition coefficient (Wildman–Crippen LogP) is -0.837. The Morgan fingerprint density at radius 3 is 2.86 bits per heavy atom. The fourth-order valence-corrected chi connectivity index (χ4v) is 2.81. The van der Waals surface area contributed by atoms with Crippen LogP contribution in [-0.4, -0.2) is 81.5 Å². The van der Waals surface area contributed by atoms with Crippen molar-refractivity contribution in [1.29, 1.82) is 0 Å². The maximum atomic E-state index is 12.4. The number of carbonyl (C=O) groups excluding carboxylic acids is 3. The van der Waals surface area contributed by atoms with Crippen LogP contribution in [0.5, 0.6) is 0 Å². The molecule has 116 valence electrons. The number of pyridine rings is 1. The van der Waals surface area contributed by atoms with Crippen molar-refractivity contribution in [3.8, 4) is 0 Å². The first-order chi connectivity index (χ1) is 10.6. The molecule has 4 amide bonds. The van der Waals surface area contributed by atoms with E-state index in [-0.39, 0.29) is 31.5 Å². The standard InChI is InChI=1S/C14H16N4O4/c19-7-6-18-13(21)11-9-16(4-5-17(11)14(18)22)12(20)10-2-1-3-15-8-10/h1-3,8,11,19H,4-7,9H2/t11-/m1/s1. The summed E-state index contributed by atoms with van der Waals surface area (Å²) in [6.07, 6.45) is 3.06. The van der Waals surface area contributed by atoms with Crippen molar-refractivity contribution in [2.75, 3.05) is 32.8 Å². The van der Waals surface area contributed by atoms with E-state index in [4.69, 9.17) is 5.11 Å². The lowest BCUT2D eigenvalue weighted by Crippen LogP contribution is -2.54. The van der Waals surface area contributed by atoms with Gasteiger partial charge in [-0.15, -0.1) is 0 Å². The second-order valence-electron chi connectivity index (χ2n) is 5.20. The third-order valence-electron chi connectivity index (χ3n) is 3.93.